The third kappa shape index (κ3) is 3.90. The minimum atomic E-state index is 0.0852. The number of amides is 1. The average Bonchev–Trinajstić information content (AvgIpc) is 3.40. The Balaban J connectivity index is 1.17. The maximum atomic E-state index is 12.8. The highest BCUT2D eigenvalue weighted by atomic mass is 16.5. The van der Waals surface area contributed by atoms with Crippen molar-refractivity contribution in [2.24, 2.45) is 17.8 Å². The van der Waals surface area contributed by atoms with E-state index in [1.54, 1.807) is 0 Å². The predicted octanol–water partition coefficient (Wildman–Crippen LogP) is 3.07. The second kappa shape index (κ2) is 8.22. The van der Waals surface area contributed by atoms with Crippen LogP contribution in [0.3, 0.4) is 0 Å². The Morgan fingerprint density at radius 2 is 1.94 bits per heavy atom. The van der Waals surface area contributed by atoms with E-state index in [9.17, 15) is 4.79 Å². The summed E-state index contributed by atoms with van der Waals surface area (Å²) in [5.74, 6) is 1.71. The smallest absolute Gasteiger partial charge is 0.229 e. The molecular formula is C26H34N4O3. The van der Waals surface area contributed by atoms with Crippen molar-refractivity contribution in [3.8, 4) is 0 Å². The van der Waals surface area contributed by atoms with Gasteiger partial charge in [-0.05, 0) is 67.7 Å². The number of fused-ring (bicyclic) bond motifs is 2. The summed E-state index contributed by atoms with van der Waals surface area (Å²) in [5, 5.41) is 5.30. The molecule has 0 radical (unpaired) electrons. The van der Waals surface area contributed by atoms with Crippen molar-refractivity contribution < 1.29 is 14.3 Å². The summed E-state index contributed by atoms with van der Waals surface area (Å²) >= 11 is 0. The number of piperazine rings is 1. The highest BCUT2D eigenvalue weighted by molar-refractivity contribution is 5.96. The third-order valence-corrected chi connectivity index (χ3v) is 8.41. The van der Waals surface area contributed by atoms with E-state index in [-0.39, 0.29) is 17.4 Å². The maximum absolute atomic E-state index is 12.8. The van der Waals surface area contributed by atoms with Crippen LogP contribution in [-0.2, 0) is 14.3 Å². The lowest BCUT2D eigenvalue weighted by molar-refractivity contribution is -0.117. The van der Waals surface area contributed by atoms with Gasteiger partial charge in [-0.15, -0.1) is 0 Å². The molecule has 1 aromatic heterocycles. The number of benzene rings is 1. The second-order valence-electron chi connectivity index (χ2n) is 10.5. The van der Waals surface area contributed by atoms with Gasteiger partial charge in [0.1, 0.15) is 5.82 Å². The SMILES string of the molecule is Cc1cc2cnc(NC(=O)[C@@H]3[C@@H]4COCC[C@@H]43)cc2cc1N1CCN([C@]2(C)CCOC2)CC1. The fraction of sp³-hybridized carbons (Fsp3) is 0.615. The molecule has 4 atom stereocenters. The van der Waals surface area contributed by atoms with Crippen molar-refractivity contribution in [2.75, 3.05) is 62.8 Å². The van der Waals surface area contributed by atoms with Crippen molar-refractivity contribution in [1.29, 1.82) is 0 Å². The molecule has 0 spiro atoms. The van der Waals surface area contributed by atoms with Gasteiger partial charge in [-0.2, -0.15) is 0 Å². The lowest BCUT2D eigenvalue weighted by atomic mass is 9.97. The Kier molecular flexibility index (Phi) is 5.31. The van der Waals surface area contributed by atoms with Crippen LogP contribution in [0.25, 0.3) is 10.8 Å². The zero-order chi connectivity index (χ0) is 22.6. The number of pyridine rings is 1. The summed E-state index contributed by atoms with van der Waals surface area (Å²) in [7, 11) is 0. The molecule has 1 aromatic carbocycles. The second-order valence-corrected chi connectivity index (χ2v) is 10.5. The normalized spacial score (nSPS) is 32.1. The molecule has 2 aromatic rings. The van der Waals surface area contributed by atoms with Crippen LogP contribution in [0, 0.1) is 24.7 Å². The molecule has 4 heterocycles. The first-order chi connectivity index (χ1) is 16.0. The zero-order valence-corrected chi connectivity index (χ0v) is 19.7. The first-order valence-electron chi connectivity index (χ1n) is 12.4. The first-order valence-corrected chi connectivity index (χ1v) is 12.4. The zero-order valence-electron chi connectivity index (χ0n) is 19.7. The number of carbonyl (C=O) groups is 1. The van der Waals surface area contributed by atoms with Crippen LogP contribution in [0.2, 0.25) is 0 Å². The molecule has 7 nitrogen and oxygen atoms in total. The van der Waals surface area contributed by atoms with E-state index in [0.29, 0.717) is 17.7 Å². The molecule has 1 amide bonds. The molecule has 4 aliphatic rings. The van der Waals surface area contributed by atoms with Gasteiger partial charge in [-0.1, -0.05) is 0 Å². The number of carbonyl (C=O) groups excluding carboxylic acids is 1. The van der Waals surface area contributed by atoms with Gasteiger partial charge in [0.25, 0.3) is 0 Å². The molecule has 6 rings (SSSR count). The minimum Gasteiger partial charge on any atom is -0.381 e. The minimum absolute atomic E-state index is 0.0852. The van der Waals surface area contributed by atoms with Crippen molar-refractivity contribution in [3.05, 3.63) is 30.0 Å². The van der Waals surface area contributed by atoms with Gasteiger partial charge in [0, 0.05) is 68.1 Å². The molecular weight excluding hydrogens is 416 g/mol. The van der Waals surface area contributed by atoms with Crippen LogP contribution in [0.15, 0.2) is 24.4 Å². The lowest BCUT2D eigenvalue weighted by Crippen LogP contribution is -2.56. The van der Waals surface area contributed by atoms with Crippen LogP contribution in [0.4, 0.5) is 11.5 Å². The number of nitrogens with one attached hydrogen (secondary N) is 1. The summed E-state index contributed by atoms with van der Waals surface area (Å²) in [6, 6.07) is 6.50. The maximum Gasteiger partial charge on any atom is 0.229 e. The molecule has 33 heavy (non-hydrogen) atoms. The van der Waals surface area contributed by atoms with Crippen molar-refractivity contribution in [2.45, 2.75) is 32.2 Å². The molecule has 0 unspecified atom stereocenters. The van der Waals surface area contributed by atoms with Crippen LogP contribution in [0.5, 0.6) is 0 Å². The van der Waals surface area contributed by atoms with Crippen molar-refractivity contribution >= 4 is 28.2 Å². The van der Waals surface area contributed by atoms with E-state index in [1.165, 1.54) is 11.3 Å². The molecule has 0 bridgehead atoms. The van der Waals surface area contributed by atoms with E-state index < -0.39 is 0 Å². The molecule has 1 saturated carbocycles. The van der Waals surface area contributed by atoms with Gasteiger partial charge in [0.05, 0.1) is 13.2 Å². The number of hydrogen-bond acceptors (Lipinski definition) is 6. The topological polar surface area (TPSA) is 66.9 Å². The van der Waals surface area contributed by atoms with Crippen molar-refractivity contribution in [3.63, 3.8) is 0 Å². The molecule has 3 saturated heterocycles. The number of hydrogen-bond donors (Lipinski definition) is 1. The first kappa shape index (κ1) is 21.3. The number of rotatable bonds is 4. The Morgan fingerprint density at radius 1 is 1.09 bits per heavy atom. The summed E-state index contributed by atoms with van der Waals surface area (Å²) in [4.78, 5) is 22.4. The van der Waals surface area contributed by atoms with Crippen molar-refractivity contribution in [1.82, 2.24) is 9.88 Å². The van der Waals surface area contributed by atoms with Gasteiger partial charge in [-0.3, -0.25) is 9.69 Å². The molecule has 4 fully saturated rings. The number of aromatic nitrogens is 1. The average molecular weight is 451 g/mol. The Morgan fingerprint density at radius 3 is 2.67 bits per heavy atom. The van der Waals surface area contributed by atoms with Gasteiger partial charge in [-0.25, -0.2) is 4.98 Å². The summed E-state index contributed by atoms with van der Waals surface area (Å²) in [5.41, 5.74) is 2.74. The fourth-order valence-electron chi connectivity index (χ4n) is 6.20. The van der Waals surface area contributed by atoms with Crippen LogP contribution in [0.1, 0.15) is 25.3 Å². The molecule has 1 aliphatic carbocycles. The summed E-state index contributed by atoms with van der Waals surface area (Å²) in [6.07, 6.45) is 4.00. The number of nitrogens with zero attached hydrogens (tertiary/aromatic N) is 3. The number of ether oxygens (including phenoxy) is 2. The highest BCUT2D eigenvalue weighted by Gasteiger charge is 2.55. The monoisotopic (exact) mass is 450 g/mol. The Hall–Kier alpha value is -2.22. The largest absolute Gasteiger partial charge is 0.381 e. The van der Waals surface area contributed by atoms with Gasteiger partial charge in [0.2, 0.25) is 5.91 Å². The van der Waals surface area contributed by atoms with Gasteiger partial charge < -0.3 is 19.7 Å². The van der Waals surface area contributed by atoms with E-state index in [2.05, 4.69) is 46.1 Å². The van der Waals surface area contributed by atoms with Gasteiger partial charge >= 0.3 is 0 Å². The van der Waals surface area contributed by atoms with Crippen LogP contribution in [-0.4, -0.2) is 73.9 Å². The quantitative estimate of drug-likeness (QED) is 0.772. The third-order valence-electron chi connectivity index (χ3n) is 8.41. The predicted molar refractivity (Wildman–Crippen MR) is 129 cm³/mol. The molecule has 176 valence electrons. The highest BCUT2D eigenvalue weighted by Crippen LogP contribution is 2.51. The summed E-state index contributed by atoms with van der Waals surface area (Å²) in [6.45, 7) is 11.9. The van der Waals surface area contributed by atoms with Crippen LogP contribution < -0.4 is 10.2 Å². The van der Waals surface area contributed by atoms with E-state index in [1.807, 2.05) is 12.3 Å². The number of aryl methyl sites for hydroxylation is 1. The Labute approximate surface area is 195 Å². The fourth-order valence-corrected chi connectivity index (χ4v) is 6.20. The van der Waals surface area contributed by atoms with Gasteiger partial charge in [0.15, 0.2) is 0 Å². The summed E-state index contributed by atoms with van der Waals surface area (Å²) < 4.78 is 11.2. The van der Waals surface area contributed by atoms with Crippen LogP contribution >= 0.6 is 0 Å². The van der Waals surface area contributed by atoms with E-state index >= 15 is 0 Å². The van der Waals surface area contributed by atoms with E-state index in [0.717, 1.165) is 76.2 Å². The lowest BCUT2D eigenvalue weighted by Gasteiger charge is -2.44. The molecule has 7 heteroatoms. The standard InChI is InChI=1S/C26H34N4O3/c1-17-11-19-14-27-23(28-25(31)24-20-3-9-32-15-21(20)24)13-18(19)12-22(17)29-5-7-30(8-6-29)26(2)4-10-33-16-26/h11-14,20-21,24H,3-10,15-16H2,1-2H3,(H,27,28,31)/t20-,21+,24-,26+/m0/s1. The number of anilines is 2. The molecule has 1 N–H and O–H groups in total. The molecule has 3 aliphatic heterocycles. The Bertz CT molecular complexity index is 1050. The van der Waals surface area contributed by atoms with E-state index in [4.69, 9.17) is 9.47 Å².